The van der Waals surface area contributed by atoms with Gasteiger partial charge in [-0.1, -0.05) is 54.6 Å². The van der Waals surface area contributed by atoms with E-state index in [0.29, 0.717) is 22.8 Å². The Morgan fingerprint density at radius 1 is 0.944 bits per heavy atom. The van der Waals surface area contributed by atoms with E-state index in [1.165, 1.54) is 0 Å². The highest BCUT2D eigenvalue weighted by Gasteiger charge is 2.32. The zero-order valence-corrected chi connectivity index (χ0v) is 19.9. The van der Waals surface area contributed by atoms with Crippen LogP contribution in [-0.2, 0) is 4.79 Å². The second kappa shape index (κ2) is 9.47. The third kappa shape index (κ3) is 4.35. The van der Waals surface area contributed by atoms with E-state index >= 15 is 0 Å². The van der Waals surface area contributed by atoms with Gasteiger partial charge < -0.3 is 19.9 Å². The molecule has 0 saturated carbocycles. The average molecular weight is 477 g/mol. The molecule has 0 aliphatic carbocycles. The van der Waals surface area contributed by atoms with Crippen LogP contribution in [0.3, 0.4) is 0 Å². The van der Waals surface area contributed by atoms with E-state index in [4.69, 9.17) is 19.9 Å². The van der Waals surface area contributed by atoms with E-state index < -0.39 is 11.9 Å². The van der Waals surface area contributed by atoms with E-state index in [1.807, 2.05) is 74.5 Å². The summed E-state index contributed by atoms with van der Waals surface area (Å²) in [6.07, 6.45) is 0. The number of carbonyl (C=O) groups is 1. The van der Waals surface area contributed by atoms with Crippen LogP contribution >= 0.6 is 0 Å². The standard InChI is InChI=1S/C30H24N2O4/c1-18-10-11-21(14-19(18)2)34-17-28(33)35-22-12-13-25-27(15-22)36-30(32)26(16-31)29(25)24-9-5-7-20-6-3-4-8-23(20)24/h3-15,29H,17,32H2,1-2H3. The van der Waals surface area contributed by atoms with Crippen LogP contribution in [0.25, 0.3) is 10.8 Å². The van der Waals surface area contributed by atoms with Crippen LogP contribution in [0.15, 0.2) is 90.3 Å². The second-order valence-corrected chi connectivity index (χ2v) is 8.70. The SMILES string of the molecule is Cc1ccc(OCC(=O)Oc2ccc3c(c2)OC(N)=C(C#N)C3c2cccc3ccccc23)cc1C. The van der Waals surface area contributed by atoms with Gasteiger partial charge in [0.05, 0.1) is 5.92 Å². The first kappa shape index (κ1) is 23.0. The fourth-order valence-corrected chi connectivity index (χ4v) is 4.43. The molecule has 1 atom stereocenters. The molecule has 178 valence electrons. The van der Waals surface area contributed by atoms with Crippen molar-refractivity contribution in [3.05, 3.63) is 113 Å². The number of hydrogen-bond donors (Lipinski definition) is 1. The van der Waals surface area contributed by atoms with Gasteiger partial charge in [-0.25, -0.2) is 4.79 Å². The molecule has 0 saturated heterocycles. The molecule has 6 heteroatoms. The number of ether oxygens (including phenoxy) is 3. The molecule has 1 unspecified atom stereocenters. The number of esters is 1. The number of allylic oxidation sites excluding steroid dienone is 1. The molecule has 0 fully saturated rings. The van der Waals surface area contributed by atoms with Crippen LogP contribution in [0.5, 0.6) is 17.2 Å². The first-order valence-electron chi connectivity index (χ1n) is 11.5. The van der Waals surface area contributed by atoms with E-state index in [2.05, 4.69) is 6.07 Å². The molecule has 0 aromatic heterocycles. The molecule has 6 nitrogen and oxygen atoms in total. The summed E-state index contributed by atoms with van der Waals surface area (Å²) in [5.74, 6) is 0.406. The molecule has 1 heterocycles. The Morgan fingerprint density at radius 2 is 1.72 bits per heavy atom. The number of carbonyl (C=O) groups excluding carboxylic acids is 1. The van der Waals surface area contributed by atoms with Gasteiger partial charge in [-0.3, -0.25) is 0 Å². The lowest BCUT2D eigenvalue weighted by Crippen LogP contribution is -2.22. The van der Waals surface area contributed by atoms with E-state index in [-0.39, 0.29) is 12.5 Å². The molecule has 36 heavy (non-hydrogen) atoms. The number of nitriles is 1. The number of fused-ring (bicyclic) bond motifs is 2. The predicted octanol–water partition coefficient (Wildman–Crippen LogP) is 5.66. The van der Waals surface area contributed by atoms with E-state index in [1.54, 1.807) is 18.2 Å². The van der Waals surface area contributed by atoms with Crippen LogP contribution in [0, 0.1) is 25.2 Å². The molecule has 2 N–H and O–H groups in total. The second-order valence-electron chi connectivity index (χ2n) is 8.70. The molecular formula is C30H24N2O4. The summed E-state index contributed by atoms with van der Waals surface area (Å²) in [5, 5.41) is 12.0. The summed E-state index contributed by atoms with van der Waals surface area (Å²) in [7, 11) is 0. The van der Waals surface area contributed by atoms with Gasteiger partial charge in [0.25, 0.3) is 0 Å². The smallest absolute Gasteiger partial charge is 0.349 e. The molecule has 0 amide bonds. The first-order chi connectivity index (χ1) is 17.4. The number of nitrogens with zero attached hydrogens (tertiary/aromatic N) is 1. The molecule has 4 aromatic rings. The maximum Gasteiger partial charge on any atom is 0.349 e. The molecule has 1 aliphatic rings. The number of hydrogen-bond acceptors (Lipinski definition) is 6. The Labute approximate surface area is 209 Å². The van der Waals surface area contributed by atoms with Gasteiger partial charge in [-0.2, -0.15) is 5.26 Å². The number of benzene rings is 4. The molecule has 0 spiro atoms. The van der Waals surface area contributed by atoms with Crippen molar-refractivity contribution in [3.63, 3.8) is 0 Å². The quantitative estimate of drug-likeness (QED) is 0.295. The lowest BCUT2D eigenvalue weighted by atomic mass is 9.81. The Morgan fingerprint density at radius 3 is 2.53 bits per heavy atom. The monoisotopic (exact) mass is 476 g/mol. The molecule has 0 bridgehead atoms. The van der Waals surface area contributed by atoms with Crippen molar-refractivity contribution in [2.75, 3.05) is 6.61 Å². The van der Waals surface area contributed by atoms with Crippen LogP contribution in [0.1, 0.15) is 28.2 Å². The van der Waals surface area contributed by atoms with Crippen molar-refractivity contribution in [1.82, 2.24) is 0 Å². The van der Waals surface area contributed by atoms with Gasteiger partial charge in [0, 0.05) is 11.6 Å². The maximum absolute atomic E-state index is 12.4. The molecule has 4 aromatic carbocycles. The van der Waals surface area contributed by atoms with Gasteiger partial charge in [-0.05, 0) is 59.5 Å². The molecule has 1 aliphatic heterocycles. The average Bonchev–Trinajstić information content (AvgIpc) is 2.88. The van der Waals surface area contributed by atoms with Crippen molar-refractivity contribution in [2.24, 2.45) is 5.73 Å². The van der Waals surface area contributed by atoms with Gasteiger partial charge in [0.1, 0.15) is 28.9 Å². The summed E-state index contributed by atoms with van der Waals surface area (Å²) >= 11 is 0. The van der Waals surface area contributed by atoms with Crippen LogP contribution in [0.2, 0.25) is 0 Å². The molecule has 5 rings (SSSR count). The maximum atomic E-state index is 12.4. The fraction of sp³-hybridized carbons (Fsp3) is 0.133. The normalized spacial score (nSPS) is 14.5. The van der Waals surface area contributed by atoms with Gasteiger partial charge in [-0.15, -0.1) is 0 Å². The topological polar surface area (TPSA) is 94.6 Å². The Bertz CT molecular complexity index is 1560. The Balaban J connectivity index is 1.41. The minimum atomic E-state index is -0.546. The highest BCUT2D eigenvalue weighted by Crippen LogP contribution is 2.45. The summed E-state index contributed by atoms with van der Waals surface area (Å²) in [4.78, 5) is 12.4. The number of rotatable bonds is 5. The minimum absolute atomic E-state index is 0.0319. The highest BCUT2D eigenvalue weighted by molar-refractivity contribution is 5.87. The van der Waals surface area contributed by atoms with Crippen molar-refractivity contribution in [2.45, 2.75) is 19.8 Å². The first-order valence-corrected chi connectivity index (χ1v) is 11.5. The van der Waals surface area contributed by atoms with Crippen molar-refractivity contribution < 1.29 is 19.0 Å². The Hall–Kier alpha value is -4.76. The lowest BCUT2D eigenvalue weighted by Gasteiger charge is -2.27. The summed E-state index contributed by atoms with van der Waals surface area (Å²) in [5.41, 5.74) is 10.4. The van der Waals surface area contributed by atoms with Gasteiger partial charge >= 0.3 is 5.97 Å². The lowest BCUT2D eigenvalue weighted by molar-refractivity contribution is -0.136. The zero-order valence-electron chi connectivity index (χ0n) is 19.9. The van der Waals surface area contributed by atoms with Crippen LogP contribution in [-0.4, -0.2) is 12.6 Å². The van der Waals surface area contributed by atoms with E-state index in [9.17, 15) is 10.1 Å². The minimum Gasteiger partial charge on any atom is -0.482 e. The zero-order chi connectivity index (χ0) is 25.2. The number of aryl methyl sites for hydroxylation is 2. The number of nitrogens with two attached hydrogens (primary N) is 1. The third-order valence-corrected chi connectivity index (χ3v) is 6.39. The van der Waals surface area contributed by atoms with Crippen molar-refractivity contribution >= 4 is 16.7 Å². The van der Waals surface area contributed by atoms with Crippen LogP contribution < -0.4 is 19.9 Å². The predicted molar refractivity (Wildman–Crippen MR) is 137 cm³/mol. The van der Waals surface area contributed by atoms with Gasteiger partial charge in [0.2, 0.25) is 5.88 Å². The van der Waals surface area contributed by atoms with Crippen molar-refractivity contribution in [3.8, 4) is 23.3 Å². The van der Waals surface area contributed by atoms with Crippen LogP contribution in [0.4, 0.5) is 0 Å². The van der Waals surface area contributed by atoms with E-state index in [0.717, 1.165) is 33.0 Å². The van der Waals surface area contributed by atoms with Gasteiger partial charge in [0.15, 0.2) is 6.61 Å². The summed E-state index contributed by atoms with van der Waals surface area (Å²) < 4.78 is 16.9. The largest absolute Gasteiger partial charge is 0.482 e. The third-order valence-electron chi connectivity index (χ3n) is 6.39. The highest BCUT2D eigenvalue weighted by atomic mass is 16.6. The van der Waals surface area contributed by atoms with Crippen molar-refractivity contribution in [1.29, 1.82) is 5.26 Å². The molecular weight excluding hydrogens is 452 g/mol. The fourth-order valence-electron chi connectivity index (χ4n) is 4.43. The molecule has 0 radical (unpaired) electrons. The Kier molecular flexibility index (Phi) is 6.05. The summed E-state index contributed by atoms with van der Waals surface area (Å²) in [6.45, 7) is 3.76. The summed E-state index contributed by atoms with van der Waals surface area (Å²) in [6, 6.07) is 26.9.